The number of aromatic nitrogens is 1. The molecular formula is C27H32ClFN6O3. The molecule has 11 heteroatoms. The minimum atomic E-state index is -0.278. The van der Waals surface area contributed by atoms with E-state index in [1.165, 1.54) is 0 Å². The minimum Gasteiger partial charge on any atom is -0.378 e. The van der Waals surface area contributed by atoms with Crippen molar-refractivity contribution in [2.24, 2.45) is 15.7 Å². The van der Waals surface area contributed by atoms with Crippen LogP contribution in [-0.4, -0.2) is 79.5 Å². The van der Waals surface area contributed by atoms with E-state index in [-0.39, 0.29) is 24.1 Å². The molecule has 2 fully saturated rings. The predicted octanol–water partition coefficient (Wildman–Crippen LogP) is 4.02. The summed E-state index contributed by atoms with van der Waals surface area (Å²) in [7, 11) is 0. The Balaban J connectivity index is 0.00000336. The van der Waals surface area contributed by atoms with Crippen molar-refractivity contribution in [2.45, 2.75) is 12.8 Å². The molecule has 2 N–H and O–H groups in total. The third-order valence-electron chi connectivity index (χ3n) is 6.59. The van der Waals surface area contributed by atoms with Crippen LogP contribution in [0.5, 0.6) is 0 Å². The highest BCUT2D eigenvalue weighted by molar-refractivity contribution is 5.95. The fourth-order valence-corrected chi connectivity index (χ4v) is 4.35. The van der Waals surface area contributed by atoms with Gasteiger partial charge < -0.3 is 29.5 Å². The maximum atomic E-state index is 15.0. The van der Waals surface area contributed by atoms with Gasteiger partial charge in [-0.15, -0.1) is 12.4 Å². The van der Waals surface area contributed by atoms with E-state index < -0.39 is 0 Å². The summed E-state index contributed by atoms with van der Waals surface area (Å²) in [5.74, 6) is 0.667. The third-order valence-corrected chi connectivity index (χ3v) is 6.59. The van der Waals surface area contributed by atoms with Gasteiger partial charge in [-0.05, 0) is 17.2 Å². The number of morpholine rings is 2. The molecule has 0 aliphatic carbocycles. The number of hydrogen-bond acceptors (Lipinski definition) is 5. The number of halogens is 2. The monoisotopic (exact) mass is 542 g/mol. The number of benzene rings is 2. The molecule has 5 rings (SSSR count). The van der Waals surface area contributed by atoms with Crippen LogP contribution in [0, 0.1) is 5.82 Å². The van der Waals surface area contributed by atoms with Crippen molar-refractivity contribution >= 4 is 30.2 Å². The quantitative estimate of drug-likeness (QED) is 0.392. The van der Waals surface area contributed by atoms with Crippen LogP contribution in [0.15, 0.2) is 69.1 Å². The van der Waals surface area contributed by atoms with Gasteiger partial charge in [0.05, 0.1) is 32.1 Å². The van der Waals surface area contributed by atoms with Crippen molar-refractivity contribution < 1.29 is 18.4 Å². The van der Waals surface area contributed by atoms with Crippen LogP contribution < -0.4 is 5.73 Å². The van der Waals surface area contributed by atoms with Gasteiger partial charge in [0.25, 0.3) is 5.88 Å². The summed E-state index contributed by atoms with van der Waals surface area (Å²) in [6.07, 6.45) is 0. The predicted molar refractivity (Wildman–Crippen MR) is 147 cm³/mol. The van der Waals surface area contributed by atoms with Crippen LogP contribution >= 0.6 is 12.4 Å². The van der Waals surface area contributed by atoms with Gasteiger partial charge in [-0.2, -0.15) is 9.98 Å². The maximum absolute atomic E-state index is 15.0. The van der Waals surface area contributed by atoms with Crippen molar-refractivity contribution in [3.8, 4) is 11.1 Å². The van der Waals surface area contributed by atoms with Gasteiger partial charge in [-0.1, -0.05) is 54.5 Å². The smallest absolute Gasteiger partial charge is 0.253 e. The first-order valence-corrected chi connectivity index (χ1v) is 12.5. The van der Waals surface area contributed by atoms with E-state index in [0.717, 1.165) is 11.1 Å². The number of guanidine groups is 2. The zero-order valence-corrected chi connectivity index (χ0v) is 22.1. The Morgan fingerprint density at radius 3 is 2.26 bits per heavy atom. The zero-order chi connectivity index (χ0) is 25.6. The Kier molecular flexibility index (Phi) is 9.33. The zero-order valence-electron chi connectivity index (χ0n) is 21.3. The molecule has 38 heavy (non-hydrogen) atoms. The van der Waals surface area contributed by atoms with E-state index in [9.17, 15) is 4.39 Å². The highest BCUT2D eigenvalue weighted by Crippen LogP contribution is 2.30. The molecular weight excluding hydrogens is 511 g/mol. The lowest BCUT2D eigenvalue weighted by molar-refractivity contribution is 0.0657. The molecule has 1 aromatic heterocycles. The number of hydrogen-bond donors (Lipinski definition) is 1. The number of aliphatic imine (C=N–C) groups is 2. The summed E-state index contributed by atoms with van der Waals surface area (Å²) < 4.78 is 31.4. The lowest BCUT2D eigenvalue weighted by Gasteiger charge is -2.30. The molecule has 0 saturated carbocycles. The Morgan fingerprint density at radius 2 is 1.61 bits per heavy atom. The summed E-state index contributed by atoms with van der Waals surface area (Å²) >= 11 is 0. The van der Waals surface area contributed by atoms with E-state index in [0.29, 0.717) is 81.7 Å². The summed E-state index contributed by atoms with van der Waals surface area (Å²) in [4.78, 5) is 13.3. The van der Waals surface area contributed by atoms with E-state index in [1.807, 2.05) is 53.1 Å². The first kappa shape index (κ1) is 27.6. The lowest BCUT2D eigenvalue weighted by Crippen LogP contribution is -2.47. The second-order valence-corrected chi connectivity index (χ2v) is 9.00. The van der Waals surface area contributed by atoms with E-state index in [4.69, 9.17) is 19.7 Å². The molecule has 9 nitrogen and oxygen atoms in total. The first-order valence-electron chi connectivity index (χ1n) is 12.5. The van der Waals surface area contributed by atoms with E-state index in [1.54, 1.807) is 18.2 Å². The van der Waals surface area contributed by atoms with E-state index >= 15 is 0 Å². The second kappa shape index (κ2) is 12.9. The van der Waals surface area contributed by atoms with Crippen LogP contribution in [0.4, 0.5) is 10.3 Å². The molecule has 2 saturated heterocycles. The van der Waals surface area contributed by atoms with Crippen LogP contribution in [-0.2, 0) is 9.47 Å². The molecule has 2 aliphatic rings. The summed E-state index contributed by atoms with van der Waals surface area (Å²) in [6.45, 7) is 6.97. The largest absolute Gasteiger partial charge is 0.378 e. The lowest BCUT2D eigenvalue weighted by atomic mass is 9.95. The molecule has 1 unspecified atom stereocenters. The molecule has 3 heterocycles. The van der Waals surface area contributed by atoms with Gasteiger partial charge in [0.2, 0.25) is 5.96 Å². The Hall–Kier alpha value is -3.47. The van der Waals surface area contributed by atoms with Gasteiger partial charge in [0.15, 0.2) is 5.96 Å². The van der Waals surface area contributed by atoms with E-state index in [2.05, 4.69) is 15.1 Å². The van der Waals surface area contributed by atoms with Crippen molar-refractivity contribution in [3.05, 3.63) is 71.7 Å². The number of ether oxygens (including phenoxy) is 2. The highest BCUT2D eigenvalue weighted by Gasteiger charge is 2.21. The molecule has 3 aromatic rings. The molecule has 1 atom stereocenters. The molecule has 2 aliphatic heterocycles. The third kappa shape index (κ3) is 6.50. The molecule has 2 aromatic carbocycles. The fraction of sp³-hybridized carbons (Fsp3) is 0.370. The van der Waals surface area contributed by atoms with Crippen LogP contribution in [0.25, 0.3) is 11.1 Å². The van der Waals surface area contributed by atoms with Gasteiger partial charge in [-0.25, -0.2) is 4.39 Å². The van der Waals surface area contributed by atoms with Crippen molar-refractivity contribution in [1.29, 1.82) is 0 Å². The van der Waals surface area contributed by atoms with Crippen molar-refractivity contribution in [1.82, 2.24) is 15.0 Å². The number of nitrogens with two attached hydrogens (primary N) is 1. The number of nitrogens with zero attached hydrogens (tertiary/aromatic N) is 5. The Bertz CT molecular complexity index is 1260. The summed E-state index contributed by atoms with van der Waals surface area (Å²) in [5, 5.41) is 4.22. The summed E-state index contributed by atoms with van der Waals surface area (Å²) in [6, 6.07) is 16.5. The van der Waals surface area contributed by atoms with Crippen LogP contribution in [0.2, 0.25) is 0 Å². The normalized spacial score (nSPS) is 17.7. The Morgan fingerprint density at radius 1 is 0.947 bits per heavy atom. The van der Waals surface area contributed by atoms with Gasteiger partial charge in [0, 0.05) is 43.7 Å². The molecule has 0 amide bonds. The molecule has 0 radical (unpaired) electrons. The van der Waals surface area contributed by atoms with Crippen molar-refractivity contribution in [3.63, 3.8) is 0 Å². The standard InChI is InChI=1S/C27H31FN6O3.ClH/c1-19(21-7-8-22(23(28)17-21)20-5-3-2-4-6-20)24-18-25(37-32-24)30-27(34-11-15-36-16-12-34)31-26(29)33-9-13-35-14-10-33;/h2-8,17-19H,9-16H2,1H3,(H2,29,30,31);1H. The minimum absolute atomic E-state index is 0. The maximum Gasteiger partial charge on any atom is 0.253 e. The highest BCUT2D eigenvalue weighted by atomic mass is 35.5. The average Bonchev–Trinajstić information content (AvgIpc) is 3.42. The SMILES string of the molecule is CC(c1ccc(-c2ccccc2)c(F)c1)c1cc(/N=C(\N=C(/N)N2CCOCC2)N2CCOCC2)on1.Cl. The topological polar surface area (TPSA) is 102 Å². The molecule has 0 bridgehead atoms. The fourth-order valence-electron chi connectivity index (χ4n) is 4.35. The average molecular weight is 543 g/mol. The van der Waals surface area contributed by atoms with Gasteiger partial charge in [0.1, 0.15) is 5.82 Å². The Labute approximate surface area is 227 Å². The van der Waals surface area contributed by atoms with Crippen LogP contribution in [0.1, 0.15) is 24.1 Å². The molecule has 202 valence electrons. The van der Waals surface area contributed by atoms with Gasteiger partial charge in [-0.3, -0.25) is 0 Å². The van der Waals surface area contributed by atoms with Crippen molar-refractivity contribution in [2.75, 3.05) is 52.6 Å². The number of rotatable bonds is 4. The first-order chi connectivity index (χ1) is 18.1. The molecule has 0 spiro atoms. The second-order valence-electron chi connectivity index (χ2n) is 9.00. The van der Waals surface area contributed by atoms with Crippen LogP contribution in [0.3, 0.4) is 0 Å². The summed E-state index contributed by atoms with van der Waals surface area (Å²) in [5.41, 5.74) is 9.15. The van der Waals surface area contributed by atoms with Gasteiger partial charge >= 0.3 is 0 Å².